The third-order valence-electron chi connectivity index (χ3n) is 4.97. The molecule has 1 aliphatic heterocycles. The van der Waals surface area contributed by atoms with Gasteiger partial charge in [0.15, 0.2) is 11.5 Å². The van der Waals surface area contributed by atoms with Crippen LogP contribution in [0.15, 0.2) is 12.1 Å². The Balaban J connectivity index is 1.82. The van der Waals surface area contributed by atoms with Crippen LogP contribution in [0.3, 0.4) is 0 Å². The number of aryl methyl sites for hydroxylation is 1. The zero-order valence-electron chi connectivity index (χ0n) is 13.7. The number of aromatic nitrogens is 1. The predicted molar refractivity (Wildman–Crippen MR) is 91.8 cm³/mol. The van der Waals surface area contributed by atoms with Crippen molar-refractivity contribution in [3.8, 4) is 11.5 Å². The van der Waals surface area contributed by atoms with Crippen LogP contribution in [0.4, 0.5) is 5.69 Å². The van der Waals surface area contributed by atoms with Gasteiger partial charge in [0, 0.05) is 35.4 Å². The molecule has 1 aromatic carbocycles. The van der Waals surface area contributed by atoms with Gasteiger partial charge in [0.05, 0.1) is 19.7 Å². The lowest BCUT2D eigenvalue weighted by molar-refractivity contribution is 0.356. The summed E-state index contributed by atoms with van der Waals surface area (Å²) in [7, 11) is 3.34. The fourth-order valence-corrected chi connectivity index (χ4v) is 3.54. The van der Waals surface area contributed by atoms with E-state index >= 15 is 0 Å². The lowest BCUT2D eigenvalue weighted by Gasteiger charge is -2.29. The van der Waals surface area contributed by atoms with Gasteiger partial charge in [0.25, 0.3) is 0 Å². The first-order valence-corrected chi connectivity index (χ1v) is 8.35. The van der Waals surface area contributed by atoms with Crippen LogP contribution in [0, 0.1) is 0 Å². The van der Waals surface area contributed by atoms with Crippen molar-refractivity contribution in [2.45, 2.75) is 31.7 Å². The van der Waals surface area contributed by atoms with Gasteiger partial charge in [-0.2, -0.15) is 0 Å². The van der Waals surface area contributed by atoms with Crippen LogP contribution < -0.4 is 20.1 Å². The zero-order valence-corrected chi connectivity index (χ0v) is 13.7. The molecule has 0 spiro atoms. The highest BCUT2D eigenvalue weighted by molar-refractivity contribution is 5.96. The van der Waals surface area contributed by atoms with E-state index in [9.17, 15) is 0 Å². The maximum atomic E-state index is 5.48. The summed E-state index contributed by atoms with van der Waals surface area (Å²) in [6, 6.07) is 4.62. The summed E-state index contributed by atoms with van der Waals surface area (Å²) in [6.07, 6.45) is 4.60. The average molecular weight is 313 g/mol. The summed E-state index contributed by atoms with van der Waals surface area (Å²) in [5, 5.41) is 8.26. The lowest BCUT2D eigenvalue weighted by atomic mass is 10.0. The topological polar surface area (TPSA) is 55.4 Å². The molecule has 1 fully saturated rings. The van der Waals surface area contributed by atoms with E-state index in [1.54, 1.807) is 14.2 Å². The summed E-state index contributed by atoms with van der Waals surface area (Å²) >= 11 is 0. The van der Waals surface area contributed by atoms with E-state index in [4.69, 9.17) is 14.5 Å². The van der Waals surface area contributed by atoms with Gasteiger partial charge < -0.3 is 20.1 Å². The van der Waals surface area contributed by atoms with E-state index in [-0.39, 0.29) is 0 Å². The number of hydrogen-bond donors (Lipinski definition) is 2. The number of nitrogens with zero attached hydrogens (tertiary/aromatic N) is 1. The summed E-state index contributed by atoms with van der Waals surface area (Å²) in [4.78, 5) is 4.87. The Kier molecular flexibility index (Phi) is 3.73. The number of nitrogens with one attached hydrogen (secondary N) is 2. The quantitative estimate of drug-likeness (QED) is 0.888. The normalized spacial score (nSPS) is 19.3. The van der Waals surface area contributed by atoms with Crippen LogP contribution in [0.1, 0.15) is 24.1 Å². The number of methoxy groups -OCH3 is 2. The molecule has 0 saturated carbocycles. The zero-order chi connectivity index (χ0) is 15.8. The fourth-order valence-electron chi connectivity index (χ4n) is 3.54. The molecule has 1 atom stereocenters. The molecule has 1 unspecified atom stereocenters. The SMILES string of the molecule is COc1cc2nc3c(c(NCC4CCN4)c2cc1OC)CCC3. The van der Waals surface area contributed by atoms with Crippen molar-refractivity contribution < 1.29 is 9.47 Å². The van der Waals surface area contributed by atoms with E-state index in [0.29, 0.717) is 6.04 Å². The van der Waals surface area contributed by atoms with Crippen molar-refractivity contribution in [3.05, 3.63) is 23.4 Å². The average Bonchev–Trinajstić information content (AvgIpc) is 2.99. The van der Waals surface area contributed by atoms with Gasteiger partial charge >= 0.3 is 0 Å². The molecular formula is C18H23N3O2. The Bertz CT molecular complexity index is 741. The predicted octanol–water partition coefficient (Wildman–Crippen LogP) is 2.51. The molecule has 5 nitrogen and oxygen atoms in total. The summed E-state index contributed by atoms with van der Waals surface area (Å²) in [6.45, 7) is 2.09. The third-order valence-corrected chi connectivity index (χ3v) is 4.97. The first-order chi connectivity index (χ1) is 11.3. The van der Waals surface area contributed by atoms with E-state index in [0.717, 1.165) is 48.3 Å². The largest absolute Gasteiger partial charge is 0.493 e. The highest BCUT2D eigenvalue weighted by Gasteiger charge is 2.23. The molecule has 2 N–H and O–H groups in total. The number of pyridine rings is 1. The first-order valence-electron chi connectivity index (χ1n) is 8.35. The monoisotopic (exact) mass is 313 g/mol. The van der Waals surface area contributed by atoms with Crippen molar-refractivity contribution in [3.63, 3.8) is 0 Å². The number of fused-ring (bicyclic) bond motifs is 2. The molecule has 1 aromatic heterocycles. The minimum absolute atomic E-state index is 0.579. The second kappa shape index (κ2) is 5.89. The number of ether oxygens (including phenoxy) is 2. The molecule has 23 heavy (non-hydrogen) atoms. The van der Waals surface area contributed by atoms with Gasteiger partial charge in [-0.15, -0.1) is 0 Å². The molecule has 1 saturated heterocycles. The Morgan fingerprint density at radius 2 is 2.00 bits per heavy atom. The minimum Gasteiger partial charge on any atom is -0.493 e. The van der Waals surface area contributed by atoms with Crippen molar-refractivity contribution >= 4 is 16.6 Å². The van der Waals surface area contributed by atoms with Crippen LogP contribution in [0.2, 0.25) is 0 Å². The van der Waals surface area contributed by atoms with Crippen LogP contribution in [0.25, 0.3) is 10.9 Å². The highest BCUT2D eigenvalue weighted by Crippen LogP contribution is 2.39. The molecule has 2 aliphatic rings. The molecule has 0 bridgehead atoms. The Morgan fingerprint density at radius 3 is 2.70 bits per heavy atom. The van der Waals surface area contributed by atoms with Crippen LogP contribution in [0.5, 0.6) is 11.5 Å². The molecule has 0 radical (unpaired) electrons. The van der Waals surface area contributed by atoms with Gasteiger partial charge in [-0.1, -0.05) is 0 Å². The third kappa shape index (κ3) is 2.49. The summed E-state index contributed by atoms with van der Waals surface area (Å²) < 4.78 is 10.9. The summed E-state index contributed by atoms with van der Waals surface area (Å²) in [5.41, 5.74) is 4.82. The van der Waals surface area contributed by atoms with Crippen LogP contribution in [-0.4, -0.2) is 38.3 Å². The molecule has 0 amide bonds. The maximum Gasteiger partial charge on any atom is 0.162 e. The van der Waals surface area contributed by atoms with Gasteiger partial charge in [0.1, 0.15) is 0 Å². The van der Waals surface area contributed by atoms with E-state index in [1.165, 1.54) is 29.8 Å². The van der Waals surface area contributed by atoms with Crippen molar-refractivity contribution in [2.24, 2.45) is 0 Å². The first kappa shape index (κ1) is 14.6. The smallest absolute Gasteiger partial charge is 0.162 e. The maximum absolute atomic E-state index is 5.48. The van der Waals surface area contributed by atoms with Gasteiger partial charge in [-0.3, -0.25) is 4.98 Å². The molecule has 2 heterocycles. The molecule has 5 heteroatoms. The number of benzene rings is 1. The summed E-state index contributed by atoms with van der Waals surface area (Å²) in [5.74, 6) is 1.49. The van der Waals surface area contributed by atoms with Crippen LogP contribution in [-0.2, 0) is 12.8 Å². The van der Waals surface area contributed by atoms with E-state index in [1.807, 2.05) is 6.07 Å². The second-order valence-corrected chi connectivity index (χ2v) is 6.31. The molecule has 4 rings (SSSR count). The Hall–Kier alpha value is -2.01. The van der Waals surface area contributed by atoms with Crippen molar-refractivity contribution in [1.82, 2.24) is 10.3 Å². The van der Waals surface area contributed by atoms with Crippen LogP contribution >= 0.6 is 0 Å². The Labute approximate surface area is 136 Å². The second-order valence-electron chi connectivity index (χ2n) is 6.31. The number of rotatable bonds is 5. The van der Waals surface area contributed by atoms with E-state index in [2.05, 4.69) is 16.7 Å². The van der Waals surface area contributed by atoms with Gasteiger partial charge in [-0.05, 0) is 43.9 Å². The Morgan fingerprint density at radius 1 is 1.22 bits per heavy atom. The number of hydrogen-bond acceptors (Lipinski definition) is 5. The fraction of sp³-hybridized carbons (Fsp3) is 0.500. The standard InChI is InChI=1S/C18H23N3O2/c1-22-16-8-13-15(9-17(16)23-2)21-14-5-3-4-12(14)18(13)20-10-11-6-7-19-11/h8-9,11,19H,3-7,10H2,1-2H3,(H,20,21). The van der Waals surface area contributed by atoms with Crippen molar-refractivity contribution in [1.29, 1.82) is 0 Å². The molecular weight excluding hydrogens is 290 g/mol. The lowest BCUT2D eigenvalue weighted by Crippen LogP contribution is -2.47. The van der Waals surface area contributed by atoms with Gasteiger partial charge in [-0.25, -0.2) is 0 Å². The molecule has 1 aliphatic carbocycles. The number of anilines is 1. The molecule has 2 aromatic rings. The van der Waals surface area contributed by atoms with Gasteiger partial charge in [0.2, 0.25) is 0 Å². The highest BCUT2D eigenvalue weighted by atomic mass is 16.5. The van der Waals surface area contributed by atoms with E-state index < -0.39 is 0 Å². The minimum atomic E-state index is 0.579. The molecule has 122 valence electrons. The van der Waals surface area contributed by atoms with Crippen molar-refractivity contribution in [2.75, 3.05) is 32.6 Å².